The Morgan fingerprint density at radius 3 is 2.94 bits per heavy atom. The highest BCUT2D eigenvalue weighted by molar-refractivity contribution is 5.80. The van der Waals surface area contributed by atoms with E-state index in [-0.39, 0.29) is 11.8 Å². The first-order chi connectivity index (χ1) is 8.78. The molecule has 3 fully saturated rings. The Labute approximate surface area is 109 Å². The summed E-state index contributed by atoms with van der Waals surface area (Å²) in [4.78, 5) is 12.2. The monoisotopic (exact) mass is 252 g/mol. The molecule has 5 atom stereocenters. The predicted molar refractivity (Wildman–Crippen MR) is 69.2 cm³/mol. The van der Waals surface area contributed by atoms with Crippen molar-refractivity contribution in [2.45, 2.75) is 57.2 Å². The van der Waals surface area contributed by atoms with Crippen molar-refractivity contribution in [3.05, 3.63) is 0 Å². The minimum absolute atomic E-state index is 0.214. The topological polar surface area (TPSA) is 50.4 Å². The molecule has 0 saturated carbocycles. The van der Waals surface area contributed by atoms with Crippen LogP contribution in [-0.4, -0.2) is 37.2 Å². The van der Waals surface area contributed by atoms with Gasteiger partial charge in [0.1, 0.15) is 0 Å². The number of hydrogen-bond acceptors (Lipinski definition) is 3. The van der Waals surface area contributed by atoms with Crippen molar-refractivity contribution < 1.29 is 9.53 Å². The maximum Gasteiger partial charge on any atom is 0.224 e. The lowest BCUT2D eigenvalue weighted by atomic mass is 9.88. The molecule has 18 heavy (non-hydrogen) atoms. The molecule has 3 saturated heterocycles. The summed E-state index contributed by atoms with van der Waals surface area (Å²) in [5.41, 5.74) is 0. The third-order valence-electron chi connectivity index (χ3n) is 4.92. The van der Waals surface area contributed by atoms with Gasteiger partial charge in [0, 0.05) is 31.2 Å². The molecule has 3 aliphatic rings. The van der Waals surface area contributed by atoms with Crippen molar-refractivity contribution in [1.29, 1.82) is 0 Å². The molecule has 0 aromatic heterocycles. The molecule has 4 nitrogen and oxygen atoms in total. The van der Waals surface area contributed by atoms with Crippen molar-refractivity contribution in [3.63, 3.8) is 0 Å². The lowest BCUT2D eigenvalue weighted by molar-refractivity contribution is -0.125. The van der Waals surface area contributed by atoms with Crippen LogP contribution in [0.5, 0.6) is 0 Å². The fraction of sp³-hybridized carbons (Fsp3) is 0.929. The van der Waals surface area contributed by atoms with Crippen LogP contribution < -0.4 is 10.6 Å². The zero-order valence-corrected chi connectivity index (χ0v) is 11.2. The summed E-state index contributed by atoms with van der Waals surface area (Å²) >= 11 is 0. The van der Waals surface area contributed by atoms with Crippen LogP contribution in [0.3, 0.4) is 0 Å². The van der Waals surface area contributed by atoms with E-state index < -0.39 is 0 Å². The fourth-order valence-corrected chi connectivity index (χ4v) is 3.85. The van der Waals surface area contributed by atoms with E-state index in [1.165, 1.54) is 12.8 Å². The Bertz CT molecular complexity index is 321. The van der Waals surface area contributed by atoms with Crippen molar-refractivity contribution in [2.75, 3.05) is 13.2 Å². The summed E-state index contributed by atoms with van der Waals surface area (Å²) in [5.74, 6) is 0.994. The molecule has 0 aromatic carbocycles. The molecule has 2 N–H and O–H groups in total. The Morgan fingerprint density at radius 2 is 2.28 bits per heavy atom. The van der Waals surface area contributed by atoms with Crippen molar-refractivity contribution in [2.24, 2.45) is 11.8 Å². The van der Waals surface area contributed by atoms with Gasteiger partial charge in [0.2, 0.25) is 5.91 Å². The third kappa shape index (κ3) is 2.28. The van der Waals surface area contributed by atoms with Crippen LogP contribution in [0.2, 0.25) is 0 Å². The highest BCUT2D eigenvalue weighted by Crippen LogP contribution is 2.33. The standard InChI is InChI=1S/C14H24N2O2/c1-2-13-9(5-6-18-13)8-15-14(17)11-7-10-3-4-12(11)16-10/h9-13,16H,2-8H2,1H3,(H,15,17). The van der Waals surface area contributed by atoms with Crippen LogP contribution in [0.25, 0.3) is 0 Å². The Kier molecular flexibility index (Phi) is 3.57. The first-order valence-corrected chi connectivity index (χ1v) is 7.43. The molecule has 0 aliphatic carbocycles. The Balaban J connectivity index is 1.47. The van der Waals surface area contributed by atoms with Gasteiger partial charge >= 0.3 is 0 Å². The number of rotatable bonds is 4. The normalized spacial score (nSPS) is 42.4. The second-order valence-electron chi connectivity index (χ2n) is 6.00. The van der Waals surface area contributed by atoms with Crippen LogP contribution in [0.15, 0.2) is 0 Å². The average Bonchev–Trinajstić information content (AvgIpc) is 3.10. The molecule has 1 amide bonds. The number of nitrogens with one attached hydrogen (secondary N) is 2. The number of ether oxygens (including phenoxy) is 1. The maximum absolute atomic E-state index is 12.2. The Morgan fingerprint density at radius 1 is 1.39 bits per heavy atom. The van der Waals surface area contributed by atoms with Gasteiger partial charge in [-0.25, -0.2) is 0 Å². The van der Waals surface area contributed by atoms with Gasteiger partial charge in [-0.1, -0.05) is 6.92 Å². The summed E-state index contributed by atoms with van der Waals surface area (Å²) < 4.78 is 5.66. The van der Waals surface area contributed by atoms with E-state index in [1.807, 2.05) is 0 Å². The van der Waals surface area contributed by atoms with E-state index in [0.29, 0.717) is 24.1 Å². The molecule has 0 aromatic rings. The molecule has 3 heterocycles. The van der Waals surface area contributed by atoms with Crippen LogP contribution >= 0.6 is 0 Å². The van der Waals surface area contributed by atoms with Crippen molar-refractivity contribution in [3.8, 4) is 0 Å². The molecule has 3 aliphatic heterocycles. The smallest absolute Gasteiger partial charge is 0.224 e. The summed E-state index contributed by atoms with van der Waals surface area (Å²) in [7, 11) is 0. The van der Waals surface area contributed by atoms with Gasteiger partial charge in [0.25, 0.3) is 0 Å². The molecular formula is C14H24N2O2. The molecular weight excluding hydrogens is 228 g/mol. The van der Waals surface area contributed by atoms with Crippen LogP contribution in [0.1, 0.15) is 39.0 Å². The van der Waals surface area contributed by atoms with E-state index >= 15 is 0 Å². The zero-order valence-electron chi connectivity index (χ0n) is 11.2. The van der Waals surface area contributed by atoms with Gasteiger partial charge in [-0.2, -0.15) is 0 Å². The quantitative estimate of drug-likeness (QED) is 0.786. The van der Waals surface area contributed by atoms with Crippen LogP contribution in [0.4, 0.5) is 0 Å². The zero-order chi connectivity index (χ0) is 12.5. The summed E-state index contributed by atoms with van der Waals surface area (Å²) in [6.07, 6.45) is 5.96. The predicted octanol–water partition coefficient (Wildman–Crippen LogP) is 1.06. The molecule has 3 rings (SSSR count). The van der Waals surface area contributed by atoms with Crippen molar-refractivity contribution >= 4 is 5.91 Å². The van der Waals surface area contributed by atoms with Gasteiger partial charge in [0.05, 0.1) is 12.0 Å². The van der Waals surface area contributed by atoms with Crippen molar-refractivity contribution in [1.82, 2.24) is 10.6 Å². The average molecular weight is 252 g/mol. The van der Waals surface area contributed by atoms with Gasteiger partial charge in [0.15, 0.2) is 0 Å². The minimum atomic E-state index is 0.214. The molecule has 0 spiro atoms. The van der Waals surface area contributed by atoms with E-state index in [4.69, 9.17) is 4.74 Å². The van der Waals surface area contributed by atoms with Crippen LogP contribution in [0, 0.1) is 11.8 Å². The SMILES string of the molecule is CCC1OCCC1CNC(=O)C1CC2CCC1N2. The molecule has 2 bridgehead atoms. The molecule has 4 heteroatoms. The largest absolute Gasteiger partial charge is 0.378 e. The summed E-state index contributed by atoms with van der Waals surface area (Å²) in [6, 6.07) is 1.04. The highest BCUT2D eigenvalue weighted by atomic mass is 16.5. The molecule has 0 radical (unpaired) electrons. The maximum atomic E-state index is 12.2. The highest BCUT2D eigenvalue weighted by Gasteiger charge is 2.42. The number of carbonyl (C=O) groups excluding carboxylic acids is 1. The van der Waals surface area contributed by atoms with Gasteiger partial charge in [-0.3, -0.25) is 4.79 Å². The van der Waals surface area contributed by atoms with E-state index in [2.05, 4.69) is 17.6 Å². The minimum Gasteiger partial charge on any atom is -0.378 e. The summed E-state index contributed by atoms with van der Waals surface area (Å²) in [5, 5.41) is 6.68. The number of hydrogen-bond donors (Lipinski definition) is 2. The first kappa shape index (κ1) is 12.4. The van der Waals surface area contributed by atoms with Gasteiger partial charge < -0.3 is 15.4 Å². The third-order valence-corrected chi connectivity index (χ3v) is 4.92. The van der Waals surface area contributed by atoms with E-state index in [0.717, 1.165) is 32.4 Å². The lowest BCUT2D eigenvalue weighted by Crippen LogP contribution is -2.40. The van der Waals surface area contributed by atoms with Crippen LogP contribution in [-0.2, 0) is 9.53 Å². The fourth-order valence-electron chi connectivity index (χ4n) is 3.85. The lowest BCUT2D eigenvalue weighted by Gasteiger charge is -2.22. The van der Waals surface area contributed by atoms with E-state index in [1.54, 1.807) is 0 Å². The van der Waals surface area contributed by atoms with Gasteiger partial charge in [-0.15, -0.1) is 0 Å². The molecule has 5 unspecified atom stereocenters. The first-order valence-electron chi connectivity index (χ1n) is 7.43. The Hall–Kier alpha value is -0.610. The number of fused-ring (bicyclic) bond motifs is 2. The molecule has 102 valence electrons. The second kappa shape index (κ2) is 5.17. The second-order valence-corrected chi connectivity index (χ2v) is 6.00. The number of carbonyl (C=O) groups is 1. The summed E-state index contributed by atoms with van der Waals surface area (Å²) in [6.45, 7) is 3.81. The number of amides is 1. The van der Waals surface area contributed by atoms with Gasteiger partial charge in [-0.05, 0) is 32.1 Å². The van der Waals surface area contributed by atoms with E-state index in [9.17, 15) is 4.79 Å².